The van der Waals surface area contributed by atoms with E-state index in [0.717, 1.165) is 22.8 Å². The van der Waals surface area contributed by atoms with E-state index in [1.165, 1.54) is 45.3 Å². The second kappa shape index (κ2) is 14.6. The average Bonchev–Trinajstić information content (AvgIpc) is 3.18. The zero-order valence-corrected chi connectivity index (χ0v) is 20.6. The quantitative estimate of drug-likeness (QED) is 0.359. The molecule has 0 atom stereocenters. The van der Waals surface area contributed by atoms with Crippen LogP contribution in [-0.2, 0) is 5.75 Å². The van der Waals surface area contributed by atoms with Gasteiger partial charge >= 0.3 is 0 Å². The highest BCUT2D eigenvalue weighted by Crippen LogP contribution is 2.22. The van der Waals surface area contributed by atoms with E-state index in [0.29, 0.717) is 24.1 Å². The van der Waals surface area contributed by atoms with Gasteiger partial charge in [0.15, 0.2) is 0 Å². The number of hydrogen-bond donors (Lipinski definition) is 0. The second-order valence-electron chi connectivity index (χ2n) is 7.79. The number of nitrogens with zero attached hydrogens (tertiary/aromatic N) is 3. The smallest absolute Gasteiger partial charge is 0.247 e. The molecule has 3 aromatic rings. The van der Waals surface area contributed by atoms with E-state index in [-0.39, 0.29) is 0 Å². The predicted molar refractivity (Wildman–Crippen MR) is 135 cm³/mol. The number of likely N-dealkylation sites (tertiary alicyclic amines) is 1. The monoisotopic (exact) mass is 469 g/mol. The van der Waals surface area contributed by atoms with Gasteiger partial charge in [0.25, 0.3) is 0 Å². The van der Waals surface area contributed by atoms with E-state index < -0.39 is 0 Å². The van der Waals surface area contributed by atoms with Gasteiger partial charge in [-0.3, -0.25) is 0 Å². The zero-order chi connectivity index (χ0) is 23.1. The van der Waals surface area contributed by atoms with Gasteiger partial charge < -0.3 is 18.8 Å². The molecule has 0 N–H and O–H groups in total. The number of benzene rings is 2. The Kier molecular flexibility index (Phi) is 11.1. The van der Waals surface area contributed by atoms with Gasteiger partial charge in [-0.2, -0.15) is 0 Å². The topological polar surface area (TPSA) is 60.6 Å². The van der Waals surface area contributed by atoms with E-state index in [1.54, 1.807) is 18.9 Å². The number of thioether (sulfide) groups is 1. The van der Waals surface area contributed by atoms with Gasteiger partial charge in [0.2, 0.25) is 11.8 Å². The Morgan fingerprint density at radius 1 is 0.909 bits per heavy atom. The average molecular weight is 470 g/mol. The van der Waals surface area contributed by atoms with Gasteiger partial charge in [0, 0.05) is 11.3 Å². The van der Waals surface area contributed by atoms with E-state index in [2.05, 4.69) is 22.0 Å². The highest BCUT2D eigenvalue weighted by atomic mass is 32.2. The molecule has 2 aromatic carbocycles. The first kappa shape index (κ1) is 25.1. The van der Waals surface area contributed by atoms with Crippen molar-refractivity contribution >= 4 is 11.8 Å². The highest BCUT2D eigenvalue weighted by molar-refractivity contribution is 7.98. The van der Waals surface area contributed by atoms with Crippen LogP contribution in [0.1, 0.15) is 38.5 Å². The molecule has 0 bridgehead atoms. The van der Waals surface area contributed by atoms with Gasteiger partial charge in [0.1, 0.15) is 11.5 Å². The molecule has 1 saturated heterocycles. The molecule has 0 saturated carbocycles. The Bertz CT molecular complexity index is 895. The first-order valence-electron chi connectivity index (χ1n) is 11.7. The minimum atomic E-state index is 0.522. The van der Waals surface area contributed by atoms with Crippen LogP contribution in [0.25, 0.3) is 11.5 Å². The summed E-state index contributed by atoms with van der Waals surface area (Å²) < 4.78 is 16.5. The molecule has 1 aliphatic rings. The molecule has 2 heterocycles. The Morgan fingerprint density at radius 3 is 2.30 bits per heavy atom. The van der Waals surface area contributed by atoms with Crippen molar-refractivity contribution in [2.45, 2.75) is 38.4 Å². The molecule has 0 unspecified atom stereocenters. The summed E-state index contributed by atoms with van der Waals surface area (Å²) in [6, 6.07) is 17.3. The molecule has 178 valence electrons. The summed E-state index contributed by atoms with van der Waals surface area (Å²) in [4.78, 5) is 2.55. The molecular formula is C26H35N3O3S. The van der Waals surface area contributed by atoms with Crippen molar-refractivity contribution in [2.75, 3.05) is 39.1 Å². The maximum Gasteiger partial charge on any atom is 0.247 e. The minimum Gasteiger partial charge on any atom is -0.497 e. The first-order chi connectivity index (χ1) is 16.3. The number of hydrogen-bond acceptors (Lipinski definition) is 7. The molecule has 1 fully saturated rings. The van der Waals surface area contributed by atoms with Crippen LogP contribution in [0.5, 0.6) is 11.5 Å². The summed E-state index contributed by atoms with van der Waals surface area (Å²) >= 11 is 1.70. The Balaban J connectivity index is 0.000000286. The Labute approximate surface area is 201 Å². The van der Waals surface area contributed by atoms with Gasteiger partial charge in [0.05, 0.1) is 19.5 Å². The number of ether oxygens (including phenoxy) is 2. The van der Waals surface area contributed by atoms with Crippen LogP contribution in [0.4, 0.5) is 0 Å². The fraction of sp³-hybridized carbons (Fsp3) is 0.462. The van der Waals surface area contributed by atoms with Crippen molar-refractivity contribution in [1.29, 1.82) is 0 Å². The molecule has 0 spiro atoms. The highest BCUT2D eigenvalue weighted by Gasteiger charge is 2.09. The molecule has 6 nitrogen and oxygen atoms in total. The molecule has 33 heavy (non-hydrogen) atoms. The third-order valence-corrected chi connectivity index (χ3v) is 6.32. The molecule has 0 aliphatic carbocycles. The van der Waals surface area contributed by atoms with Crippen LogP contribution in [0.2, 0.25) is 0 Å². The molecule has 0 amide bonds. The van der Waals surface area contributed by atoms with E-state index in [1.807, 2.05) is 54.6 Å². The van der Waals surface area contributed by atoms with E-state index in [9.17, 15) is 0 Å². The summed E-state index contributed by atoms with van der Waals surface area (Å²) in [7, 11) is 1.64. The zero-order valence-electron chi connectivity index (χ0n) is 19.7. The molecule has 7 heteroatoms. The fourth-order valence-corrected chi connectivity index (χ4v) is 4.15. The van der Waals surface area contributed by atoms with Crippen molar-refractivity contribution in [3.63, 3.8) is 0 Å². The van der Waals surface area contributed by atoms with Crippen molar-refractivity contribution in [3.8, 4) is 23.0 Å². The standard InChI is InChI=1S/C18H18N2O3S.C8H17N/c1-21-15-9-7-14(8-10-15)18-20-19-17(23-18)13-24-12-11-22-16-5-3-2-4-6-16;1-2-9-7-5-3-4-6-8-9/h2-10H,11-13H2,1H3;2-8H2,1H3. The number of rotatable bonds is 9. The maximum absolute atomic E-state index is 5.68. The summed E-state index contributed by atoms with van der Waals surface area (Å²) in [5, 5.41) is 8.17. The van der Waals surface area contributed by atoms with Crippen LogP contribution < -0.4 is 9.47 Å². The second-order valence-corrected chi connectivity index (χ2v) is 8.90. The first-order valence-corrected chi connectivity index (χ1v) is 12.9. The Morgan fingerprint density at radius 2 is 1.64 bits per heavy atom. The lowest BCUT2D eigenvalue weighted by Gasteiger charge is -2.15. The van der Waals surface area contributed by atoms with Crippen molar-refractivity contribution in [2.24, 2.45) is 0 Å². The number of methoxy groups -OCH3 is 1. The van der Waals surface area contributed by atoms with Crippen LogP contribution >= 0.6 is 11.8 Å². The van der Waals surface area contributed by atoms with Gasteiger partial charge in [-0.25, -0.2) is 0 Å². The third-order valence-electron chi connectivity index (χ3n) is 5.41. The lowest BCUT2D eigenvalue weighted by atomic mass is 10.2. The van der Waals surface area contributed by atoms with E-state index >= 15 is 0 Å². The number of para-hydroxylation sites is 1. The van der Waals surface area contributed by atoms with Crippen molar-refractivity contribution < 1.29 is 13.9 Å². The lowest BCUT2D eigenvalue weighted by molar-refractivity contribution is 0.301. The van der Waals surface area contributed by atoms with Gasteiger partial charge in [-0.15, -0.1) is 22.0 Å². The lowest BCUT2D eigenvalue weighted by Crippen LogP contribution is -2.23. The fourth-order valence-electron chi connectivity index (χ4n) is 3.51. The summed E-state index contributed by atoms with van der Waals surface area (Å²) in [5.74, 6) is 4.35. The normalized spacial score (nSPS) is 14.1. The van der Waals surface area contributed by atoms with Crippen LogP contribution in [0.3, 0.4) is 0 Å². The maximum atomic E-state index is 5.68. The molecule has 4 rings (SSSR count). The molecule has 1 aromatic heterocycles. The Hall–Kier alpha value is -2.51. The molecule has 1 aliphatic heterocycles. The van der Waals surface area contributed by atoms with Crippen LogP contribution in [0, 0.1) is 0 Å². The third kappa shape index (κ3) is 9.10. The minimum absolute atomic E-state index is 0.522. The SMILES string of the molecule is CCN1CCCCCC1.COc1ccc(-c2nnc(CSCCOc3ccccc3)o2)cc1. The largest absolute Gasteiger partial charge is 0.497 e. The van der Waals surface area contributed by atoms with Gasteiger partial charge in [-0.05, 0) is 68.9 Å². The van der Waals surface area contributed by atoms with Crippen molar-refractivity contribution in [3.05, 3.63) is 60.5 Å². The van der Waals surface area contributed by atoms with Crippen LogP contribution in [0.15, 0.2) is 59.0 Å². The number of aromatic nitrogens is 2. The summed E-state index contributed by atoms with van der Waals surface area (Å²) in [6.07, 6.45) is 5.76. The predicted octanol–water partition coefficient (Wildman–Crippen LogP) is 5.94. The van der Waals surface area contributed by atoms with Gasteiger partial charge in [-0.1, -0.05) is 38.0 Å². The summed E-state index contributed by atoms with van der Waals surface area (Å²) in [6.45, 7) is 6.84. The molecular weight excluding hydrogens is 434 g/mol. The molecule has 0 radical (unpaired) electrons. The van der Waals surface area contributed by atoms with Crippen molar-refractivity contribution in [1.82, 2.24) is 15.1 Å². The van der Waals surface area contributed by atoms with Crippen LogP contribution in [-0.4, -0.2) is 54.2 Å². The van der Waals surface area contributed by atoms with E-state index in [4.69, 9.17) is 13.9 Å². The summed E-state index contributed by atoms with van der Waals surface area (Å²) in [5.41, 5.74) is 0.881.